The first-order valence-electron chi connectivity index (χ1n) is 9.66. The highest BCUT2D eigenvalue weighted by molar-refractivity contribution is 5.95. The maximum atomic E-state index is 12.1. The number of carbonyl (C=O) groups is 3. The Morgan fingerprint density at radius 1 is 1.06 bits per heavy atom. The fourth-order valence-electron chi connectivity index (χ4n) is 2.72. The molecule has 2 amide bonds. The molecule has 0 spiro atoms. The minimum atomic E-state index is -1.07. The van der Waals surface area contributed by atoms with E-state index in [0.29, 0.717) is 22.8 Å². The Morgan fingerprint density at radius 2 is 1.78 bits per heavy atom. The van der Waals surface area contributed by atoms with E-state index in [1.165, 1.54) is 19.2 Å². The van der Waals surface area contributed by atoms with Gasteiger partial charge in [0.25, 0.3) is 11.8 Å². The van der Waals surface area contributed by atoms with E-state index in [2.05, 4.69) is 15.8 Å². The lowest BCUT2D eigenvalue weighted by Crippen LogP contribution is -2.45. The van der Waals surface area contributed by atoms with Gasteiger partial charge in [0.15, 0.2) is 6.61 Å². The third-order valence-electron chi connectivity index (χ3n) is 4.30. The van der Waals surface area contributed by atoms with Gasteiger partial charge in [0.2, 0.25) is 0 Å². The molecule has 3 rings (SSSR count). The van der Waals surface area contributed by atoms with Crippen molar-refractivity contribution in [2.75, 3.05) is 6.61 Å². The summed E-state index contributed by atoms with van der Waals surface area (Å²) in [4.78, 5) is 35.4. The van der Waals surface area contributed by atoms with Gasteiger partial charge in [-0.25, -0.2) is 10.2 Å². The Labute approximate surface area is 183 Å². The molecule has 0 aliphatic heterocycles. The average molecular weight is 435 g/mol. The summed E-state index contributed by atoms with van der Waals surface area (Å²) in [6.07, 6.45) is 1.28. The number of carbonyl (C=O) groups excluding carboxylic acids is 2. The number of amides is 2. The molecule has 0 bridgehead atoms. The lowest BCUT2D eigenvalue weighted by molar-refractivity contribution is -0.129. The van der Waals surface area contributed by atoms with Crippen LogP contribution in [-0.2, 0) is 9.59 Å². The number of benzene rings is 2. The third kappa shape index (κ3) is 6.05. The molecule has 1 heterocycles. The van der Waals surface area contributed by atoms with Gasteiger partial charge in [-0.3, -0.25) is 9.59 Å². The molecule has 0 saturated carbocycles. The summed E-state index contributed by atoms with van der Waals surface area (Å²) in [5.74, 6) is -0.827. The molecule has 1 aromatic heterocycles. The topological polar surface area (TPSA) is 130 Å². The van der Waals surface area contributed by atoms with Gasteiger partial charge in [0, 0.05) is 5.56 Å². The minimum Gasteiger partial charge on any atom is -0.484 e. The maximum Gasteiger partial charge on any atom is 0.336 e. The van der Waals surface area contributed by atoms with Crippen molar-refractivity contribution < 1.29 is 28.6 Å². The molecule has 3 aromatic rings. The molecule has 1 atom stereocenters. The van der Waals surface area contributed by atoms with Crippen molar-refractivity contribution >= 4 is 24.0 Å². The molecular weight excluding hydrogens is 414 g/mol. The molecule has 0 unspecified atom stereocenters. The number of ether oxygens (including phenoxy) is 1. The Kier molecular flexibility index (Phi) is 7.37. The Morgan fingerprint density at radius 3 is 2.53 bits per heavy atom. The van der Waals surface area contributed by atoms with Crippen molar-refractivity contribution in [2.45, 2.75) is 13.0 Å². The highest BCUT2D eigenvalue weighted by atomic mass is 16.5. The van der Waals surface area contributed by atoms with Gasteiger partial charge in [-0.15, -0.1) is 0 Å². The Balaban J connectivity index is 1.50. The van der Waals surface area contributed by atoms with Crippen molar-refractivity contribution in [1.29, 1.82) is 0 Å². The summed E-state index contributed by atoms with van der Waals surface area (Å²) in [5, 5.41) is 15.6. The van der Waals surface area contributed by atoms with Gasteiger partial charge < -0.3 is 19.6 Å². The van der Waals surface area contributed by atoms with E-state index in [0.717, 1.165) is 0 Å². The molecule has 0 aliphatic carbocycles. The molecule has 0 fully saturated rings. The number of nitrogens with zero attached hydrogens (tertiary/aromatic N) is 1. The smallest absolute Gasteiger partial charge is 0.336 e. The summed E-state index contributed by atoms with van der Waals surface area (Å²) in [6.45, 7) is 1.29. The van der Waals surface area contributed by atoms with Crippen LogP contribution >= 0.6 is 0 Å². The first-order valence-corrected chi connectivity index (χ1v) is 9.66. The van der Waals surface area contributed by atoms with Gasteiger partial charge in [-0.2, -0.15) is 5.10 Å². The van der Waals surface area contributed by atoms with Crippen LogP contribution in [-0.4, -0.2) is 41.8 Å². The number of aromatic carboxylic acids is 1. The van der Waals surface area contributed by atoms with E-state index in [9.17, 15) is 19.5 Å². The van der Waals surface area contributed by atoms with Crippen molar-refractivity contribution in [3.05, 3.63) is 78.1 Å². The Hall–Kier alpha value is -4.40. The number of carboxylic acids is 1. The van der Waals surface area contributed by atoms with Crippen molar-refractivity contribution in [3.8, 4) is 17.1 Å². The Bertz CT molecular complexity index is 1120. The van der Waals surface area contributed by atoms with Crippen molar-refractivity contribution in [1.82, 2.24) is 10.7 Å². The van der Waals surface area contributed by atoms with Crippen LogP contribution in [0.1, 0.15) is 23.0 Å². The highest BCUT2D eigenvalue weighted by Crippen LogP contribution is 2.25. The fraction of sp³-hybridized carbons (Fsp3) is 0.130. The van der Waals surface area contributed by atoms with Crippen LogP contribution in [0.25, 0.3) is 11.3 Å². The number of furan rings is 1. The summed E-state index contributed by atoms with van der Waals surface area (Å²) in [6, 6.07) is 17.7. The molecule has 9 heteroatoms. The van der Waals surface area contributed by atoms with Crippen molar-refractivity contribution in [2.24, 2.45) is 5.10 Å². The van der Waals surface area contributed by atoms with Crippen LogP contribution < -0.4 is 15.5 Å². The van der Waals surface area contributed by atoms with Crippen LogP contribution in [0.4, 0.5) is 0 Å². The molecular formula is C23H21N3O6. The quantitative estimate of drug-likeness (QED) is 0.350. The lowest BCUT2D eigenvalue weighted by Gasteiger charge is -2.12. The normalized spacial score (nSPS) is 11.7. The monoisotopic (exact) mass is 435 g/mol. The molecule has 2 aromatic carbocycles. The summed E-state index contributed by atoms with van der Waals surface area (Å²) >= 11 is 0. The predicted molar refractivity (Wildman–Crippen MR) is 116 cm³/mol. The standard InChI is InChI=1S/C23H21N3O6/c1-15(25-21(27)14-31-16-7-3-2-4-8-16)22(28)26-24-13-17-11-12-20(32-17)18-9-5-6-10-19(18)23(29)30/h2-13,15H,14H2,1H3,(H,25,27)(H,26,28)(H,29,30)/b24-13-/t15-/m1/s1. The van der Waals surface area contributed by atoms with E-state index >= 15 is 0 Å². The molecule has 0 radical (unpaired) electrons. The molecule has 9 nitrogen and oxygen atoms in total. The van der Waals surface area contributed by atoms with E-state index in [-0.39, 0.29) is 12.2 Å². The van der Waals surface area contributed by atoms with E-state index in [1.807, 2.05) is 6.07 Å². The second-order valence-corrected chi connectivity index (χ2v) is 6.68. The van der Waals surface area contributed by atoms with Crippen molar-refractivity contribution in [3.63, 3.8) is 0 Å². The highest BCUT2D eigenvalue weighted by Gasteiger charge is 2.16. The largest absolute Gasteiger partial charge is 0.484 e. The zero-order chi connectivity index (χ0) is 22.9. The van der Waals surface area contributed by atoms with Gasteiger partial charge in [-0.1, -0.05) is 36.4 Å². The van der Waals surface area contributed by atoms with Gasteiger partial charge >= 0.3 is 5.97 Å². The van der Waals surface area contributed by atoms with E-state index in [4.69, 9.17) is 9.15 Å². The maximum absolute atomic E-state index is 12.1. The molecule has 164 valence electrons. The predicted octanol–water partition coefficient (Wildman–Crippen LogP) is 2.68. The average Bonchev–Trinajstić information content (AvgIpc) is 3.27. The number of hydrogen-bond acceptors (Lipinski definition) is 6. The van der Waals surface area contributed by atoms with E-state index < -0.39 is 23.8 Å². The molecule has 3 N–H and O–H groups in total. The zero-order valence-corrected chi connectivity index (χ0v) is 17.1. The fourth-order valence-corrected chi connectivity index (χ4v) is 2.72. The summed E-state index contributed by atoms with van der Waals surface area (Å²) in [7, 11) is 0. The van der Waals surface area contributed by atoms with Crippen LogP contribution in [0.15, 0.2) is 76.2 Å². The number of carboxylic acid groups (broad SMARTS) is 1. The zero-order valence-electron chi connectivity index (χ0n) is 17.1. The number of para-hydroxylation sites is 1. The van der Waals surface area contributed by atoms with Crippen LogP contribution in [0.3, 0.4) is 0 Å². The third-order valence-corrected chi connectivity index (χ3v) is 4.30. The van der Waals surface area contributed by atoms with Crippen LogP contribution in [0, 0.1) is 0 Å². The number of hydrogen-bond donors (Lipinski definition) is 3. The minimum absolute atomic E-state index is 0.111. The number of rotatable bonds is 9. The SMILES string of the molecule is C[C@@H](NC(=O)COc1ccccc1)C(=O)N/N=C\c1ccc(-c2ccccc2C(=O)O)o1. The van der Waals surface area contributed by atoms with Crippen LogP contribution in [0.2, 0.25) is 0 Å². The number of nitrogens with one attached hydrogen (secondary N) is 2. The van der Waals surface area contributed by atoms with Gasteiger partial charge in [0.05, 0.1) is 11.8 Å². The lowest BCUT2D eigenvalue weighted by atomic mass is 10.1. The summed E-state index contributed by atoms with van der Waals surface area (Å²) in [5.41, 5.74) is 2.85. The van der Waals surface area contributed by atoms with Gasteiger partial charge in [0.1, 0.15) is 23.3 Å². The first kappa shape index (κ1) is 22.3. The molecule has 32 heavy (non-hydrogen) atoms. The van der Waals surface area contributed by atoms with Gasteiger partial charge in [-0.05, 0) is 37.3 Å². The molecule has 0 saturated heterocycles. The second kappa shape index (κ2) is 10.6. The number of hydrazone groups is 1. The van der Waals surface area contributed by atoms with Crippen LogP contribution in [0.5, 0.6) is 5.75 Å². The van der Waals surface area contributed by atoms with E-state index in [1.54, 1.807) is 54.6 Å². The summed E-state index contributed by atoms with van der Waals surface area (Å²) < 4.78 is 10.9. The molecule has 0 aliphatic rings. The second-order valence-electron chi connectivity index (χ2n) is 6.68. The first-order chi connectivity index (χ1) is 15.4.